The molecule has 1 radical (unpaired) electrons. The molecule has 1 saturated heterocycles. The highest BCUT2D eigenvalue weighted by Crippen LogP contribution is 2.31. The van der Waals surface area contributed by atoms with Gasteiger partial charge < -0.3 is 5.73 Å². The first-order chi connectivity index (χ1) is 9.74. The van der Waals surface area contributed by atoms with Crippen molar-refractivity contribution >= 4 is 5.91 Å². The van der Waals surface area contributed by atoms with Crippen LogP contribution >= 0.6 is 0 Å². The second-order valence-corrected chi connectivity index (χ2v) is 6.02. The van der Waals surface area contributed by atoms with Gasteiger partial charge >= 0.3 is 0 Å². The van der Waals surface area contributed by atoms with Crippen molar-refractivity contribution in [2.45, 2.75) is 44.6 Å². The molecular weight excluding hydrogens is 248 g/mol. The van der Waals surface area contributed by atoms with E-state index < -0.39 is 0 Å². The number of hydrogen-bond acceptors (Lipinski definition) is 2. The third-order valence-electron chi connectivity index (χ3n) is 4.52. The Morgan fingerprint density at radius 1 is 1.25 bits per heavy atom. The van der Waals surface area contributed by atoms with Crippen molar-refractivity contribution in [1.82, 2.24) is 4.90 Å². The Bertz CT molecular complexity index is 492. The Balaban J connectivity index is 1.76. The molecule has 2 N–H and O–H groups in total. The molecule has 3 rings (SSSR count). The van der Waals surface area contributed by atoms with Crippen LogP contribution in [-0.2, 0) is 17.8 Å². The molecule has 1 aromatic rings. The number of piperidine rings is 1. The highest BCUT2D eigenvalue weighted by Gasteiger charge is 2.25. The van der Waals surface area contributed by atoms with Gasteiger partial charge in [-0.05, 0) is 61.9 Å². The fourth-order valence-electron chi connectivity index (χ4n) is 3.45. The molecule has 2 aliphatic rings. The van der Waals surface area contributed by atoms with Crippen LogP contribution in [0, 0.1) is 6.42 Å². The minimum absolute atomic E-state index is 0.192. The third-order valence-corrected chi connectivity index (χ3v) is 4.52. The van der Waals surface area contributed by atoms with Gasteiger partial charge in [0.15, 0.2) is 0 Å². The van der Waals surface area contributed by atoms with Crippen molar-refractivity contribution in [2.75, 3.05) is 13.1 Å². The second kappa shape index (κ2) is 5.96. The van der Waals surface area contributed by atoms with Gasteiger partial charge in [0.2, 0.25) is 5.91 Å². The van der Waals surface area contributed by atoms with E-state index in [2.05, 4.69) is 29.5 Å². The zero-order valence-corrected chi connectivity index (χ0v) is 12.0. The maximum absolute atomic E-state index is 11.5. The summed E-state index contributed by atoms with van der Waals surface area (Å²) in [5.74, 6) is -0.419. The molecule has 1 amide bonds. The lowest BCUT2D eigenvalue weighted by Crippen LogP contribution is -2.29. The first kappa shape index (κ1) is 13.6. The van der Waals surface area contributed by atoms with Crippen molar-refractivity contribution < 1.29 is 4.79 Å². The lowest BCUT2D eigenvalue weighted by atomic mass is 9.81. The van der Waals surface area contributed by atoms with E-state index in [-0.39, 0.29) is 11.8 Å². The molecule has 107 valence electrons. The summed E-state index contributed by atoms with van der Waals surface area (Å²) < 4.78 is 0. The van der Waals surface area contributed by atoms with Gasteiger partial charge in [0.05, 0.1) is 5.92 Å². The molecule has 20 heavy (non-hydrogen) atoms. The molecule has 0 bridgehead atoms. The molecule has 1 aliphatic carbocycles. The number of primary amides is 1. The second-order valence-electron chi connectivity index (χ2n) is 6.02. The molecule has 1 heterocycles. The summed E-state index contributed by atoms with van der Waals surface area (Å²) in [7, 11) is 0. The zero-order chi connectivity index (χ0) is 13.9. The number of hydrogen-bond donors (Lipinski definition) is 1. The molecule has 1 fully saturated rings. The summed E-state index contributed by atoms with van der Waals surface area (Å²) >= 11 is 0. The van der Waals surface area contributed by atoms with Crippen LogP contribution in [0.2, 0.25) is 0 Å². The Kier molecular flexibility index (Phi) is 4.06. The minimum atomic E-state index is -0.227. The molecular formula is C17H23N2O. The van der Waals surface area contributed by atoms with Crippen LogP contribution in [0.25, 0.3) is 0 Å². The van der Waals surface area contributed by atoms with Crippen LogP contribution in [0.5, 0.6) is 0 Å². The van der Waals surface area contributed by atoms with E-state index >= 15 is 0 Å². The van der Waals surface area contributed by atoms with Gasteiger partial charge in [0, 0.05) is 6.54 Å². The van der Waals surface area contributed by atoms with Crippen LogP contribution in [-0.4, -0.2) is 23.9 Å². The van der Waals surface area contributed by atoms with Gasteiger partial charge in [-0.3, -0.25) is 9.69 Å². The van der Waals surface area contributed by atoms with E-state index in [1.165, 1.54) is 43.5 Å². The van der Waals surface area contributed by atoms with Gasteiger partial charge in [-0.2, -0.15) is 0 Å². The Labute approximate surface area is 121 Å². The van der Waals surface area contributed by atoms with E-state index in [9.17, 15) is 4.79 Å². The van der Waals surface area contributed by atoms with E-state index in [1.54, 1.807) is 0 Å². The number of aryl methyl sites for hydroxylation is 1. The molecule has 0 spiro atoms. The molecule has 1 atom stereocenters. The first-order valence-corrected chi connectivity index (χ1v) is 7.71. The van der Waals surface area contributed by atoms with Crippen LogP contribution in [0.4, 0.5) is 0 Å². The summed E-state index contributed by atoms with van der Waals surface area (Å²) in [6.07, 6.45) is 8.06. The van der Waals surface area contributed by atoms with Gasteiger partial charge in [-0.1, -0.05) is 24.6 Å². The largest absolute Gasteiger partial charge is 0.369 e. The van der Waals surface area contributed by atoms with E-state index in [1.807, 2.05) is 0 Å². The van der Waals surface area contributed by atoms with E-state index in [4.69, 9.17) is 5.73 Å². The monoisotopic (exact) mass is 271 g/mol. The summed E-state index contributed by atoms with van der Waals surface area (Å²) in [5, 5.41) is 0. The van der Waals surface area contributed by atoms with E-state index in [0.29, 0.717) is 0 Å². The maximum Gasteiger partial charge on any atom is 0.225 e. The predicted molar refractivity (Wildman–Crippen MR) is 80.1 cm³/mol. The molecule has 0 aromatic heterocycles. The first-order valence-electron chi connectivity index (χ1n) is 7.71. The number of fused-ring (bicyclic) bond motifs is 1. The van der Waals surface area contributed by atoms with Gasteiger partial charge in [-0.15, -0.1) is 0 Å². The van der Waals surface area contributed by atoms with Crippen LogP contribution in [0.15, 0.2) is 18.2 Å². The number of carbonyl (C=O) groups is 1. The number of likely N-dealkylation sites (tertiary alicyclic amines) is 1. The lowest BCUT2D eigenvalue weighted by molar-refractivity contribution is -0.118. The fraction of sp³-hybridized carbons (Fsp3) is 0.529. The number of nitrogens with two attached hydrogens (primary N) is 1. The van der Waals surface area contributed by atoms with E-state index in [0.717, 1.165) is 24.9 Å². The maximum atomic E-state index is 11.5. The number of carbonyl (C=O) groups excluding carboxylic acids is 1. The SMILES string of the molecule is NC(=O)C1[CH]CCc2cc(CN3CCCCC3)ccc21. The number of nitrogens with zero attached hydrogens (tertiary/aromatic N) is 1. The summed E-state index contributed by atoms with van der Waals surface area (Å²) in [4.78, 5) is 14.0. The average molecular weight is 271 g/mol. The van der Waals surface area contributed by atoms with Crippen LogP contribution < -0.4 is 5.73 Å². The highest BCUT2D eigenvalue weighted by atomic mass is 16.1. The van der Waals surface area contributed by atoms with Gasteiger partial charge in [0.1, 0.15) is 0 Å². The standard InChI is InChI=1S/C17H23N2O/c18-17(20)16-6-4-5-14-11-13(7-8-15(14)16)12-19-9-2-1-3-10-19/h6-8,11,16H,1-5,9-10,12H2,(H2,18,20). The van der Waals surface area contributed by atoms with Crippen molar-refractivity contribution in [3.63, 3.8) is 0 Å². The highest BCUT2D eigenvalue weighted by molar-refractivity contribution is 5.84. The molecule has 1 unspecified atom stereocenters. The minimum Gasteiger partial charge on any atom is -0.369 e. The Morgan fingerprint density at radius 3 is 2.80 bits per heavy atom. The summed E-state index contributed by atoms with van der Waals surface area (Å²) in [5.41, 5.74) is 9.29. The van der Waals surface area contributed by atoms with Crippen molar-refractivity contribution in [1.29, 1.82) is 0 Å². The molecule has 3 heteroatoms. The van der Waals surface area contributed by atoms with Gasteiger partial charge in [0.25, 0.3) is 0 Å². The average Bonchev–Trinajstić information content (AvgIpc) is 2.47. The number of rotatable bonds is 3. The zero-order valence-electron chi connectivity index (χ0n) is 12.0. The van der Waals surface area contributed by atoms with Crippen molar-refractivity contribution in [3.8, 4) is 0 Å². The lowest BCUT2D eigenvalue weighted by Gasteiger charge is -2.28. The van der Waals surface area contributed by atoms with Gasteiger partial charge in [-0.25, -0.2) is 0 Å². The van der Waals surface area contributed by atoms with Crippen molar-refractivity contribution in [2.24, 2.45) is 5.73 Å². The predicted octanol–water partition coefficient (Wildman–Crippen LogP) is 2.39. The number of benzene rings is 1. The molecule has 3 nitrogen and oxygen atoms in total. The smallest absolute Gasteiger partial charge is 0.225 e. The van der Waals surface area contributed by atoms with Crippen molar-refractivity contribution in [3.05, 3.63) is 41.3 Å². The Morgan fingerprint density at radius 2 is 2.05 bits per heavy atom. The topological polar surface area (TPSA) is 46.3 Å². The quantitative estimate of drug-likeness (QED) is 0.917. The fourth-order valence-corrected chi connectivity index (χ4v) is 3.45. The van der Waals surface area contributed by atoms with Crippen LogP contribution in [0.1, 0.15) is 48.3 Å². The molecule has 1 aliphatic heterocycles. The summed E-state index contributed by atoms with van der Waals surface area (Å²) in [6.45, 7) is 3.47. The normalized spacial score (nSPS) is 23.3. The Hall–Kier alpha value is -1.35. The number of amides is 1. The third kappa shape index (κ3) is 2.88. The van der Waals surface area contributed by atoms with Crippen LogP contribution in [0.3, 0.4) is 0 Å². The molecule has 1 aromatic carbocycles. The summed E-state index contributed by atoms with van der Waals surface area (Å²) in [6, 6.07) is 6.56. The molecule has 0 saturated carbocycles.